The average molecular weight is 425 g/mol. The molecule has 0 aliphatic rings. The minimum absolute atomic E-state index is 0.170. The lowest BCUT2D eigenvalue weighted by Gasteiger charge is -2.25. The lowest BCUT2D eigenvalue weighted by atomic mass is 10.1. The van der Waals surface area contributed by atoms with Gasteiger partial charge >= 0.3 is 12.2 Å². The molecule has 0 fully saturated rings. The van der Waals surface area contributed by atoms with Crippen LogP contribution in [-0.4, -0.2) is 73.1 Å². The van der Waals surface area contributed by atoms with Crippen LogP contribution in [0.5, 0.6) is 0 Å². The molecule has 9 heteroatoms. The number of carbonyl (C=O) groups excluding carboxylic acids is 2. The monoisotopic (exact) mass is 424 g/mol. The third-order valence-electron chi connectivity index (χ3n) is 4.40. The smallest absolute Gasteiger partial charge is 0.407 e. The molecule has 9 nitrogen and oxygen atoms in total. The standard InChI is InChI=1S/C21H36N4O5/c1-3-5-9-23-20(27)29-15-13-25(14-16-30-21(28)24-10-6-4-2)17-19(26)18-7-11-22-12-8-18/h7-8,11-12,19,26H,3-6,9-10,13-17H2,1-2H3,(H,23,27)(H,24,28). The zero-order valence-electron chi connectivity index (χ0n) is 18.1. The fourth-order valence-electron chi connectivity index (χ4n) is 2.60. The molecule has 0 spiro atoms. The summed E-state index contributed by atoms with van der Waals surface area (Å²) >= 11 is 0. The van der Waals surface area contributed by atoms with Gasteiger partial charge in [0.25, 0.3) is 0 Å². The predicted octanol–water partition coefficient (Wildman–Crippen LogP) is 2.47. The number of nitrogens with zero attached hydrogens (tertiary/aromatic N) is 2. The lowest BCUT2D eigenvalue weighted by Crippen LogP contribution is -2.37. The zero-order valence-corrected chi connectivity index (χ0v) is 18.1. The molecule has 0 saturated heterocycles. The summed E-state index contributed by atoms with van der Waals surface area (Å²) in [6, 6.07) is 3.50. The number of aliphatic hydroxyl groups excluding tert-OH is 1. The van der Waals surface area contributed by atoms with Crippen LogP contribution < -0.4 is 10.6 Å². The van der Waals surface area contributed by atoms with Crippen LogP contribution in [-0.2, 0) is 9.47 Å². The fourth-order valence-corrected chi connectivity index (χ4v) is 2.60. The van der Waals surface area contributed by atoms with Crippen molar-refractivity contribution in [2.75, 3.05) is 45.9 Å². The van der Waals surface area contributed by atoms with Gasteiger partial charge in [0.15, 0.2) is 0 Å². The molecule has 1 aromatic heterocycles. The van der Waals surface area contributed by atoms with Gasteiger partial charge in [0.05, 0.1) is 6.10 Å². The van der Waals surface area contributed by atoms with Crippen LogP contribution in [0.2, 0.25) is 0 Å². The number of unbranched alkanes of at least 4 members (excludes halogenated alkanes) is 2. The number of nitrogens with one attached hydrogen (secondary N) is 2. The maximum atomic E-state index is 11.7. The second kappa shape index (κ2) is 16.4. The van der Waals surface area contributed by atoms with Crippen LogP contribution in [0.25, 0.3) is 0 Å². The van der Waals surface area contributed by atoms with Crippen LogP contribution in [0, 0.1) is 0 Å². The Kier molecular flexibility index (Phi) is 14.0. The van der Waals surface area contributed by atoms with Crippen molar-refractivity contribution < 1.29 is 24.2 Å². The Morgan fingerprint density at radius 2 is 1.50 bits per heavy atom. The predicted molar refractivity (Wildman–Crippen MR) is 114 cm³/mol. The summed E-state index contributed by atoms with van der Waals surface area (Å²) in [6.07, 6.45) is 5.39. The molecule has 1 atom stereocenters. The van der Waals surface area contributed by atoms with Gasteiger partial charge in [-0.1, -0.05) is 26.7 Å². The van der Waals surface area contributed by atoms with Gasteiger partial charge in [0.1, 0.15) is 13.2 Å². The number of pyridine rings is 1. The van der Waals surface area contributed by atoms with Crippen molar-refractivity contribution in [1.82, 2.24) is 20.5 Å². The van der Waals surface area contributed by atoms with Gasteiger partial charge in [-0.05, 0) is 30.5 Å². The van der Waals surface area contributed by atoms with Crippen molar-refractivity contribution in [1.29, 1.82) is 0 Å². The van der Waals surface area contributed by atoms with E-state index in [-0.39, 0.29) is 13.2 Å². The van der Waals surface area contributed by atoms with E-state index in [2.05, 4.69) is 15.6 Å². The third kappa shape index (κ3) is 12.2. The van der Waals surface area contributed by atoms with E-state index in [4.69, 9.17) is 9.47 Å². The first-order valence-corrected chi connectivity index (χ1v) is 10.7. The Morgan fingerprint density at radius 3 is 1.97 bits per heavy atom. The van der Waals surface area contributed by atoms with Crippen LogP contribution in [0.15, 0.2) is 24.5 Å². The van der Waals surface area contributed by atoms with Crippen molar-refractivity contribution in [3.8, 4) is 0 Å². The first kappa shape index (κ1) is 25.6. The Bertz CT molecular complexity index is 560. The molecule has 0 saturated carbocycles. The average Bonchev–Trinajstić information content (AvgIpc) is 2.74. The molecular formula is C21H36N4O5. The topological polar surface area (TPSA) is 113 Å². The van der Waals surface area contributed by atoms with Gasteiger partial charge in [-0.15, -0.1) is 0 Å². The minimum Gasteiger partial charge on any atom is -0.448 e. The minimum atomic E-state index is -0.732. The molecule has 1 heterocycles. The van der Waals surface area contributed by atoms with Crippen molar-refractivity contribution in [2.45, 2.75) is 45.6 Å². The van der Waals surface area contributed by atoms with Crippen LogP contribution in [0.1, 0.15) is 51.2 Å². The molecule has 0 radical (unpaired) electrons. The zero-order chi connectivity index (χ0) is 22.0. The van der Waals surface area contributed by atoms with Crippen molar-refractivity contribution >= 4 is 12.2 Å². The number of aromatic nitrogens is 1. The van der Waals surface area contributed by atoms with Crippen molar-refractivity contribution in [2.24, 2.45) is 0 Å². The molecule has 30 heavy (non-hydrogen) atoms. The van der Waals surface area contributed by atoms with E-state index in [1.807, 2.05) is 18.7 Å². The van der Waals surface area contributed by atoms with Gasteiger partial charge in [-0.3, -0.25) is 9.88 Å². The molecule has 1 rings (SSSR count). The quantitative estimate of drug-likeness (QED) is 0.371. The molecule has 0 aliphatic carbocycles. The molecule has 0 bridgehead atoms. The molecule has 1 unspecified atom stereocenters. The maximum Gasteiger partial charge on any atom is 0.407 e. The summed E-state index contributed by atoms with van der Waals surface area (Å²) in [4.78, 5) is 29.2. The normalized spacial score (nSPS) is 11.7. The highest BCUT2D eigenvalue weighted by Crippen LogP contribution is 2.12. The van der Waals surface area contributed by atoms with Crippen LogP contribution in [0.3, 0.4) is 0 Å². The van der Waals surface area contributed by atoms with Gasteiger partial charge in [0, 0.05) is 45.1 Å². The second-order valence-electron chi connectivity index (χ2n) is 6.93. The Balaban J connectivity index is 2.45. The highest BCUT2D eigenvalue weighted by atomic mass is 16.6. The molecule has 0 aliphatic heterocycles. The summed E-state index contributed by atoms with van der Waals surface area (Å²) in [7, 11) is 0. The number of amides is 2. The number of carbonyl (C=O) groups is 2. The molecular weight excluding hydrogens is 388 g/mol. The van der Waals surface area contributed by atoms with Crippen molar-refractivity contribution in [3.63, 3.8) is 0 Å². The van der Waals surface area contributed by atoms with E-state index in [0.717, 1.165) is 31.2 Å². The van der Waals surface area contributed by atoms with Crippen molar-refractivity contribution in [3.05, 3.63) is 30.1 Å². The van der Waals surface area contributed by atoms with E-state index < -0.39 is 18.3 Å². The SMILES string of the molecule is CCCCNC(=O)OCCN(CCOC(=O)NCCCC)CC(O)c1ccncc1. The molecule has 170 valence electrons. The fraction of sp³-hybridized carbons (Fsp3) is 0.667. The number of aliphatic hydroxyl groups is 1. The van der Waals surface area contributed by atoms with Crippen LogP contribution >= 0.6 is 0 Å². The number of ether oxygens (including phenoxy) is 2. The van der Waals surface area contributed by atoms with Gasteiger partial charge in [0.2, 0.25) is 0 Å². The summed E-state index contributed by atoms with van der Waals surface area (Å²) in [5.74, 6) is 0. The van der Waals surface area contributed by atoms with E-state index >= 15 is 0 Å². The Hall–Kier alpha value is -2.39. The first-order valence-electron chi connectivity index (χ1n) is 10.7. The molecule has 2 amide bonds. The summed E-state index contributed by atoms with van der Waals surface area (Å²) in [6.45, 7) is 6.73. The van der Waals surface area contributed by atoms with E-state index in [0.29, 0.717) is 32.7 Å². The largest absolute Gasteiger partial charge is 0.448 e. The Labute approximate surface area is 179 Å². The maximum absolute atomic E-state index is 11.7. The van der Waals surface area contributed by atoms with E-state index in [9.17, 15) is 14.7 Å². The number of hydrogen-bond donors (Lipinski definition) is 3. The van der Waals surface area contributed by atoms with Gasteiger partial charge in [-0.2, -0.15) is 0 Å². The number of hydrogen-bond acceptors (Lipinski definition) is 7. The first-order chi connectivity index (χ1) is 14.6. The van der Waals surface area contributed by atoms with Gasteiger partial charge < -0.3 is 25.2 Å². The summed E-state index contributed by atoms with van der Waals surface area (Å²) < 4.78 is 10.4. The second-order valence-corrected chi connectivity index (χ2v) is 6.93. The third-order valence-corrected chi connectivity index (χ3v) is 4.40. The lowest BCUT2D eigenvalue weighted by molar-refractivity contribution is 0.0724. The molecule has 1 aromatic rings. The molecule has 0 aromatic carbocycles. The molecule has 3 N–H and O–H groups in total. The number of rotatable bonds is 15. The van der Waals surface area contributed by atoms with E-state index in [1.165, 1.54) is 0 Å². The summed E-state index contributed by atoms with van der Waals surface area (Å²) in [5.41, 5.74) is 0.742. The van der Waals surface area contributed by atoms with Gasteiger partial charge in [-0.25, -0.2) is 9.59 Å². The Morgan fingerprint density at radius 1 is 1.00 bits per heavy atom. The summed E-state index contributed by atoms with van der Waals surface area (Å²) in [5, 5.41) is 15.9. The van der Waals surface area contributed by atoms with Crippen LogP contribution in [0.4, 0.5) is 9.59 Å². The highest BCUT2D eigenvalue weighted by molar-refractivity contribution is 5.67. The highest BCUT2D eigenvalue weighted by Gasteiger charge is 2.15. The van der Waals surface area contributed by atoms with E-state index in [1.54, 1.807) is 24.5 Å². The number of alkyl carbamates (subject to hydrolysis) is 2.